The van der Waals surface area contributed by atoms with Crippen molar-refractivity contribution in [2.75, 3.05) is 25.0 Å². The van der Waals surface area contributed by atoms with Crippen LogP contribution >= 0.6 is 0 Å². The first-order valence-electron chi connectivity index (χ1n) is 5.00. The van der Waals surface area contributed by atoms with Gasteiger partial charge in [0.25, 0.3) is 0 Å². The minimum absolute atomic E-state index is 0.706. The summed E-state index contributed by atoms with van der Waals surface area (Å²) in [6.45, 7) is 3.70. The van der Waals surface area contributed by atoms with Crippen molar-refractivity contribution in [1.29, 1.82) is 0 Å². The molecule has 4 nitrogen and oxygen atoms in total. The van der Waals surface area contributed by atoms with Crippen molar-refractivity contribution in [1.82, 2.24) is 9.97 Å². The summed E-state index contributed by atoms with van der Waals surface area (Å²) in [6, 6.07) is 0. The molecule has 1 aromatic rings. The van der Waals surface area contributed by atoms with Crippen LogP contribution in [0.15, 0.2) is 12.4 Å². The lowest BCUT2D eigenvalue weighted by atomic mass is 10.3. The Kier molecular flexibility index (Phi) is 4.32. The van der Waals surface area contributed by atoms with Crippen LogP contribution in [-0.4, -0.2) is 30.1 Å². The van der Waals surface area contributed by atoms with Crippen molar-refractivity contribution < 1.29 is 0 Å². The number of hydrogen-bond donors (Lipinski definition) is 1. The molecule has 0 saturated carbocycles. The van der Waals surface area contributed by atoms with Crippen LogP contribution in [0.2, 0.25) is 0 Å². The Morgan fingerprint density at radius 1 is 1.36 bits per heavy atom. The number of rotatable bonds is 5. The fourth-order valence-electron chi connectivity index (χ4n) is 1.16. The lowest BCUT2D eigenvalue weighted by molar-refractivity contribution is 0.773. The first kappa shape index (κ1) is 10.9. The predicted octanol–water partition coefficient (Wildman–Crippen LogP) is 0.824. The third-order valence-electron chi connectivity index (χ3n) is 2.14. The molecule has 2 N–H and O–H groups in total. The molecule has 0 aromatic carbocycles. The summed E-state index contributed by atoms with van der Waals surface area (Å²) in [4.78, 5) is 10.6. The highest BCUT2D eigenvalue weighted by atomic mass is 15.2. The van der Waals surface area contributed by atoms with Gasteiger partial charge in [-0.25, -0.2) is 9.97 Å². The third-order valence-corrected chi connectivity index (χ3v) is 2.14. The van der Waals surface area contributed by atoms with E-state index in [1.807, 2.05) is 24.3 Å². The van der Waals surface area contributed by atoms with E-state index in [1.54, 1.807) is 0 Å². The molecule has 0 unspecified atom stereocenters. The smallest absolute Gasteiger partial charge is 0.224 e. The van der Waals surface area contributed by atoms with E-state index in [0.29, 0.717) is 6.54 Å². The molecular formula is C10H18N4. The molecule has 0 amide bonds. The normalized spacial score (nSPS) is 10.2. The number of nitrogens with zero attached hydrogens (tertiary/aromatic N) is 3. The van der Waals surface area contributed by atoms with Gasteiger partial charge in [0.1, 0.15) is 0 Å². The summed E-state index contributed by atoms with van der Waals surface area (Å²) in [5.74, 6) is 0.774. The molecule has 0 atom stereocenters. The Morgan fingerprint density at radius 2 is 2.00 bits per heavy atom. The maximum atomic E-state index is 5.43. The summed E-state index contributed by atoms with van der Waals surface area (Å²) in [5.41, 5.74) is 6.60. The van der Waals surface area contributed by atoms with E-state index >= 15 is 0 Å². The van der Waals surface area contributed by atoms with Gasteiger partial charge in [-0.2, -0.15) is 0 Å². The summed E-state index contributed by atoms with van der Waals surface area (Å²) in [7, 11) is 1.98. The Labute approximate surface area is 85.2 Å². The molecule has 0 spiro atoms. The maximum absolute atomic E-state index is 5.43. The largest absolute Gasteiger partial charge is 0.344 e. The Hall–Kier alpha value is -1.16. The van der Waals surface area contributed by atoms with Gasteiger partial charge in [0, 0.05) is 26.0 Å². The van der Waals surface area contributed by atoms with Crippen LogP contribution in [-0.2, 0) is 6.42 Å². The summed E-state index contributed by atoms with van der Waals surface area (Å²) in [5, 5.41) is 0. The van der Waals surface area contributed by atoms with E-state index in [2.05, 4.69) is 16.9 Å². The monoisotopic (exact) mass is 194 g/mol. The molecule has 0 aliphatic rings. The minimum atomic E-state index is 0.706. The van der Waals surface area contributed by atoms with Gasteiger partial charge in [0.15, 0.2) is 0 Å². The molecule has 0 radical (unpaired) electrons. The summed E-state index contributed by atoms with van der Waals surface area (Å²) < 4.78 is 0. The zero-order chi connectivity index (χ0) is 10.4. The lowest BCUT2D eigenvalue weighted by Crippen LogP contribution is -2.23. The van der Waals surface area contributed by atoms with Crippen molar-refractivity contribution in [3.63, 3.8) is 0 Å². The van der Waals surface area contributed by atoms with Gasteiger partial charge in [0.2, 0.25) is 5.95 Å². The molecule has 0 aliphatic carbocycles. The number of hydrogen-bond acceptors (Lipinski definition) is 4. The fraction of sp³-hybridized carbons (Fsp3) is 0.600. The van der Waals surface area contributed by atoms with Crippen molar-refractivity contribution in [2.45, 2.75) is 19.8 Å². The van der Waals surface area contributed by atoms with E-state index in [9.17, 15) is 0 Å². The molecular weight excluding hydrogens is 176 g/mol. The van der Waals surface area contributed by atoms with Crippen molar-refractivity contribution >= 4 is 5.95 Å². The zero-order valence-corrected chi connectivity index (χ0v) is 8.90. The minimum Gasteiger partial charge on any atom is -0.344 e. The number of aryl methyl sites for hydroxylation is 1. The van der Waals surface area contributed by atoms with Gasteiger partial charge < -0.3 is 10.6 Å². The van der Waals surface area contributed by atoms with E-state index < -0.39 is 0 Å². The second-order valence-corrected chi connectivity index (χ2v) is 3.31. The van der Waals surface area contributed by atoms with Crippen LogP contribution in [0.3, 0.4) is 0 Å². The molecule has 0 fully saturated rings. The molecule has 1 aromatic heterocycles. The predicted molar refractivity (Wildman–Crippen MR) is 58.4 cm³/mol. The highest BCUT2D eigenvalue weighted by molar-refractivity contribution is 5.28. The highest BCUT2D eigenvalue weighted by Gasteiger charge is 2.02. The Balaban J connectivity index is 2.57. The first-order chi connectivity index (χ1) is 6.77. The van der Waals surface area contributed by atoms with Gasteiger partial charge >= 0.3 is 0 Å². The summed E-state index contributed by atoms with van der Waals surface area (Å²) >= 11 is 0. The van der Waals surface area contributed by atoms with E-state index in [-0.39, 0.29) is 0 Å². The maximum Gasteiger partial charge on any atom is 0.224 e. The average Bonchev–Trinajstić information content (AvgIpc) is 2.26. The van der Waals surface area contributed by atoms with Crippen LogP contribution in [0, 0.1) is 0 Å². The molecule has 4 heteroatoms. The quantitative estimate of drug-likeness (QED) is 0.754. The lowest BCUT2D eigenvalue weighted by Gasteiger charge is -2.15. The molecule has 0 bridgehead atoms. The zero-order valence-electron chi connectivity index (χ0n) is 8.90. The number of nitrogens with two attached hydrogens (primary N) is 1. The molecule has 78 valence electrons. The average molecular weight is 194 g/mol. The standard InChI is InChI=1S/C10H18N4/c1-3-9-7-12-10(13-8-9)14(2)6-4-5-11/h7-8H,3-6,11H2,1-2H3. The van der Waals surface area contributed by atoms with Crippen LogP contribution in [0.4, 0.5) is 5.95 Å². The SMILES string of the molecule is CCc1cnc(N(C)CCCN)nc1. The highest BCUT2D eigenvalue weighted by Crippen LogP contribution is 2.05. The fourth-order valence-corrected chi connectivity index (χ4v) is 1.16. The Bertz CT molecular complexity index is 257. The third kappa shape index (κ3) is 2.96. The van der Waals surface area contributed by atoms with Gasteiger partial charge in [-0.1, -0.05) is 6.92 Å². The van der Waals surface area contributed by atoms with Crippen LogP contribution in [0.5, 0.6) is 0 Å². The van der Waals surface area contributed by atoms with Crippen LogP contribution < -0.4 is 10.6 Å². The number of anilines is 1. The summed E-state index contributed by atoms with van der Waals surface area (Å²) in [6.07, 6.45) is 5.70. The van der Waals surface area contributed by atoms with Crippen LogP contribution in [0.25, 0.3) is 0 Å². The molecule has 0 aliphatic heterocycles. The second kappa shape index (κ2) is 5.54. The number of aromatic nitrogens is 2. The Morgan fingerprint density at radius 3 is 2.50 bits per heavy atom. The van der Waals surface area contributed by atoms with Crippen molar-refractivity contribution in [2.24, 2.45) is 5.73 Å². The van der Waals surface area contributed by atoms with Gasteiger partial charge in [-0.15, -0.1) is 0 Å². The van der Waals surface area contributed by atoms with Gasteiger partial charge in [-0.05, 0) is 24.9 Å². The van der Waals surface area contributed by atoms with Crippen molar-refractivity contribution in [3.8, 4) is 0 Å². The molecule has 1 heterocycles. The van der Waals surface area contributed by atoms with Gasteiger partial charge in [-0.3, -0.25) is 0 Å². The van der Waals surface area contributed by atoms with Crippen molar-refractivity contribution in [3.05, 3.63) is 18.0 Å². The topological polar surface area (TPSA) is 55.0 Å². The molecule has 14 heavy (non-hydrogen) atoms. The van der Waals surface area contributed by atoms with Gasteiger partial charge in [0.05, 0.1) is 0 Å². The molecule has 1 rings (SSSR count). The van der Waals surface area contributed by atoms with Crippen LogP contribution in [0.1, 0.15) is 18.9 Å². The van der Waals surface area contributed by atoms with E-state index in [1.165, 1.54) is 5.56 Å². The molecule has 0 saturated heterocycles. The first-order valence-corrected chi connectivity index (χ1v) is 5.00. The van der Waals surface area contributed by atoms with E-state index in [4.69, 9.17) is 5.73 Å². The van der Waals surface area contributed by atoms with E-state index in [0.717, 1.165) is 25.3 Å². The second-order valence-electron chi connectivity index (χ2n) is 3.31.